The molecule has 4 N–H and O–H groups in total. The highest BCUT2D eigenvalue weighted by Crippen LogP contribution is 2.30. The summed E-state index contributed by atoms with van der Waals surface area (Å²) in [6.45, 7) is 4.30. The smallest absolute Gasteiger partial charge is 0.321 e. The van der Waals surface area contributed by atoms with Crippen LogP contribution in [0, 0.1) is 0 Å². The maximum atomic E-state index is 11.5. The van der Waals surface area contributed by atoms with E-state index in [-0.39, 0.29) is 5.91 Å². The molecule has 1 rings (SSSR count). The van der Waals surface area contributed by atoms with Crippen molar-refractivity contribution >= 4 is 11.9 Å². The van der Waals surface area contributed by atoms with E-state index >= 15 is 0 Å². The molecule has 0 aromatic carbocycles. The Morgan fingerprint density at radius 2 is 2.06 bits per heavy atom. The molecule has 3 amide bonds. The van der Waals surface area contributed by atoms with E-state index in [1.807, 2.05) is 0 Å². The molecule has 0 aromatic heterocycles. The van der Waals surface area contributed by atoms with E-state index in [4.69, 9.17) is 0 Å². The first kappa shape index (κ1) is 13.9. The van der Waals surface area contributed by atoms with Gasteiger partial charge in [-0.2, -0.15) is 0 Å². The van der Waals surface area contributed by atoms with Gasteiger partial charge in [0.2, 0.25) is 5.91 Å². The lowest BCUT2D eigenvalue weighted by Gasteiger charge is -2.37. The molecule has 1 unspecified atom stereocenters. The summed E-state index contributed by atoms with van der Waals surface area (Å²) in [4.78, 5) is 22.6. The van der Waals surface area contributed by atoms with Crippen molar-refractivity contribution < 1.29 is 14.7 Å². The largest absolute Gasteiger partial charge is 0.389 e. The van der Waals surface area contributed by atoms with Crippen LogP contribution in [-0.4, -0.2) is 41.8 Å². The summed E-state index contributed by atoms with van der Waals surface area (Å²) in [6, 6.07) is -0.990. The number of carbonyl (C=O) groups excluding carboxylic acids is 2. The maximum absolute atomic E-state index is 11.5. The van der Waals surface area contributed by atoms with E-state index in [0.29, 0.717) is 13.1 Å². The molecule has 1 atom stereocenters. The zero-order valence-corrected chi connectivity index (χ0v) is 10.4. The Balaban J connectivity index is 2.24. The van der Waals surface area contributed by atoms with E-state index in [9.17, 15) is 14.7 Å². The molecule has 0 bridgehead atoms. The predicted octanol–water partition coefficient (Wildman–Crippen LogP) is -0.275. The Bertz CT molecular complexity index is 290. The molecular formula is C11H21N3O3. The first-order chi connectivity index (χ1) is 7.97. The number of hydrogen-bond acceptors (Lipinski definition) is 4. The van der Waals surface area contributed by atoms with Gasteiger partial charge in [-0.05, 0) is 33.1 Å². The third-order valence-electron chi connectivity index (χ3n) is 2.99. The lowest BCUT2D eigenvalue weighted by molar-refractivity contribution is -0.122. The topological polar surface area (TPSA) is 90.5 Å². The molecule has 1 aliphatic rings. The molecule has 6 heteroatoms. The Labute approximate surface area is 101 Å². The highest BCUT2D eigenvalue weighted by Gasteiger charge is 2.34. The molecular weight excluding hydrogens is 222 g/mol. The SMILES string of the molecule is CCNC(=O)NC(=O)C(C)NCC1(O)CCC1. The number of imide groups is 1. The van der Waals surface area contributed by atoms with Crippen molar-refractivity contribution in [2.24, 2.45) is 0 Å². The van der Waals surface area contributed by atoms with Crippen LogP contribution < -0.4 is 16.0 Å². The fourth-order valence-electron chi connectivity index (χ4n) is 1.62. The summed E-state index contributed by atoms with van der Waals surface area (Å²) in [5.41, 5.74) is -0.666. The van der Waals surface area contributed by atoms with Crippen molar-refractivity contribution in [3.63, 3.8) is 0 Å². The molecule has 1 saturated carbocycles. The van der Waals surface area contributed by atoms with Gasteiger partial charge >= 0.3 is 6.03 Å². The van der Waals surface area contributed by atoms with Crippen molar-refractivity contribution in [2.45, 2.75) is 44.8 Å². The number of urea groups is 1. The minimum Gasteiger partial charge on any atom is -0.389 e. The van der Waals surface area contributed by atoms with E-state index in [2.05, 4.69) is 16.0 Å². The van der Waals surface area contributed by atoms with Crippen LogP contribution in [-0.2, 0) is 4.79 Å². The summed E-state index contributed by atoms with van der Waals surface area (Å²) in [5, 5.41) is 17.5. The monoisotopic (exact) mass is 243 g/mol. The van der Waals surface area contributed by atoms with Gasteiger partial charge in [-0.3, -0.25) is 10.1 Å². The fraction of sp³-hybridized carbons (Fsp3) is 0.818. The molecule has 0 spiro atoms. The van der Waals surface area contributed by atoms with Crippen molar-refractivity contribution in [3.8, 4) is 0 Å². The fourth-order valence-corrected chi connectivity index (χ4v) is 1.62. The maximum Gasteiger partial charge on any atom is 0.321 e. The summed E-state index contributed by atoms with van der Waals surface area (Å²) < 4.78 is 0. The second-order valence-electron chi connectivity index (χ2n) is 4.53. The summed E-state index contributed by atoms with van der Waals surface area (Å²) in [5.74, 6) is -0.390. The third-order valence-corrected chi connectivity index (χ3v) is 2.99. The van der Waals surface area contributed by atoms with Crippen LogP contribution in [0.15, 0.2) is 0 Å². The zero-order valence-electron chi connectivity index (χ0n) is 10.4. The number of aliphatic hydroxyl groups is 1. The average Bonchev–Trinajstić information content (AvgIpc) is 2.23. The standard InChI is InChI=1S/C11H21N3O3/c1-3-12-10(16)14-9(15)8(2)13-7-11(17)5-4-6-11/h8,13,17H,3-7H2,1-2H3,(H2,12,14,15,16). The molecule has 0 aromatic rings. The summed E-state index contributed by atoms with van der Waals surface area (Å²) >= 11 is 0. The van der Waals surface area contributed by atoms with Crippen molar-refractivity contribution in [3.05, 3.63) is 0 Å². The van der Waals surface area contributed by atoms with Crippen molar-refractivity contribution in [2.75, 3.05) is 13.1 Å². The lowest BCUT2D eigenvalue weighted by Crippen LogP contribution is -2.53. The van der Waals surface area contributed by atoms with Gasteiger partial charge in [0.25, 0.3) is 0 Å². The van der Waals surface area contributed by atoms with Crippen LogP contribution >= 0.6 is 0 Å². The van der Waals surface area contributed by atoms with Gasteiger partial charge in [0, 0.05) is 13.1 Å². The van der Waals surface area contributed by atoms with Gasteiger partial charge in [0.1, 0.15) is 0 Å². The Kier molecular flexibility index (Phi) is 4.89. The lowest BCUT2D eigenvalue weighted by atomic mass is 9.80. The Morgan fingerprint density at radius 3 is 2.53 bits per heavy atom. The van der Waals surface area contributed by atoms with E-state index < -0.39 is 17.7 Å². The molecule has 6 nitrogen and oxygen atoms in total. The molecule has 0 radical (unpaired) electrons. The van der Waals surface area contributed by atoms with Crippen LogP contribution in [0.25, 0.3) is 0 Å². The first-order valence-corrected chi connectivity index (χ1v) is 6.01. The highest BCUT2D eigenvalue weighted by atomic mass is 16.3. The Hall–Kier alpha value is -1.14. The highest BCUT2D eigenvalue weighted by molar-refractivity contribution is 5.96. The van der Waals surface area contributed by atoms with Crippen LogP contribution in [0.5, 0.6) is 0 Å². The zero-order chi connectivity index (χ0) is 12.9. The van der Waals surface area contributed by atoms with Crippen molar-refractivity contribution in [1.29, 1.82) is 0 Å². The van der Waals surface area contributed by atoms with E-state index in [0.717, 1.165) is 19.3 Å². The molecule has 0 heterocycles. The minimum atomic E-state index is -0.666. The first-order valence-electron chi connectivity index (χ1n) is 6.01. The summed E-state index contributed by atoms with van der Waals surface area (Å²) in [7, 11) is 0. The van der Waals surface area contributed by atoms with Gasteiger partial charge < -0.3 is 15.7 Å². The second kappa shape index (κ2) is 5.97. The number of hydrogen-bond donors (Lipinski definition) is 4. The van der Waals surface area contributed by atoms with Gasteiger partial charge in [-0.1, -0.05) is 0 Å². The van der Waals surface area contributed by atoms with E-state index in [1.165, 1.54) is 0 Å². The Morgan fingerprint density at radius 1 is 1.41 bits per heavy atom. The molecule has 0 saturated heterocycles. The minimum absolute atomic E-state index is 0.386. The number of rotatable bonds is 5. The molecule has 1 fully saturated rings. The van der Waals surface area contributed by atoms with Gasteiger partial charge in [0.15, 0.2) is 0 Å². The van der Waals surface area contributed by atoms with Gasteiger partial charge in [-0.25, -0.2) is 4.79 Å². The van der Waals surface area contributed by atoms with Crippen LogP contribution in [0.3, 0.4) is 0 Å². The molecule has 17 heavy (non-hydrogen) atoms. The number of amides is 3. The van der Waals surface area contributed by atoms with Crippen LogP contribution in [0.4, 0.5) is 4.79 Å². The summed E-state index contributed by atoms with van der Waals surface area (Å²) in [6.07, 6.45) is 2.56. The van der Waals surface area contributed by atoms with Crippen LogP contribution in [0.2, 0.25) is 0 Å². The van der Waals surface area contributed by atoms with Gasteiger partial charge in [-0.15, -0.1) is 0 Å². The van der Waals surface area contributed by atoms with Crippen molar-refractivity contribution in [1.82, 2.24) is 16.0 Å². The normalized spacial score (nSPS) is 19.0. The average molecular weight is 243 g/mol. The number of carbonyl (C=O) groups is 2. The second-order valence-corrected chi connectivity index (χ2v) is 4.53. The molecule has 0 aliphatic heterocycles. The van der Waals surface area contributed by atoms with E-state index in [1.54, 1.807) is 13.8 Å². The third kappa shape index (κ3) is 4.32. The quantitative estimate of drug-likeness (QED) is 0.535. The molecule has 1 aliphatic carbocycles. The number of nitrogens with one attached hydrogen (secondary N) is 3. The van der Waals surface area contributed by atoms with Crippen LogP contribution in [0.1, 0.15) is 33.1 Å². The molecule has 98 valence electrons. The predicted molar refractivity (Wildman–Crippen MR) is 63.5 cm³/mol. The van der Waals surface area contributed by atoms with Gasteiger partial charge in [0.05, 0.1) is 11.6 Å².